The lowest BCUT2D eigenvalue weighted by molar-refractivity contribution is 1.07. The van der Waals surface area contributed by atoms with Gasteiger partial charge in [-0.15, -0.1) is 0 Å². The van der Waals surface area contributed by atoms with E-state index in [-0.39, 0.29) is 0 Å². The molecule has 9 aromatic carbocycles. The molecule has 0 spiro atoms. The van der Waals surface area contributed by atoms with Crippen LogP contribution in [0.15, 0.2) is 200 Å². The molecule has 59 heavy (non-hydrogen) atoms. The van der Waals surface area contributed by atoms with E-state index in [1.54, 1.807) is 0 Å². The van der Waals surface area contributed by atoms with Crippen LogP contribution in [-0.4, -0.2) is 24.5 Å². The fourth-order valence-electron chi connectivity index (χ4n) is 8.84. The van der Waals surface area contributed by atoms with Gasteiger partial charge in [-0.3, -0.25) is 0 Å². The minimum absolute atomic E-state index is 0.621. The summed E-state index contributed by atoms with van der Waals surface area (Å²) < 4.78 is 2.43. The minimum Gasteiger partial charge on any atom is -0.309 e. The molecule has 5 nitrogen and oxygen atoms in total. The summed E-state index contributed by atoms with van der Waals surface area (Å²) in [5.41, 5.74) is 9.18. The van der Waals surface area contributed by atoms with Crippen molar-refractivity contribution >= 4 is 65.0 Å². The maximum absolute atomic E-state index is 5.42. The summed E-state index contributed by atoms with van der Waals surface area (Å²) in [4.78, 5) is 20.6. The molecule has 0 aliphatic heterocycles. The van der Waals surface area contributed by atoms with Gasteiger partial charge in [-0.1, -0.05) is 158 Å². The number of aromatic nitrogens is 5. The van der Waals surface area contributed by atoms with Gasteiger partial charge in [0.1, 0.15) is 0 Å². The zero-order chi connectivity index (χ0) is 38.9. The Hall–Kier alpha value is -8.02. The molecule has 0 N–H and O–H groups in total. The molecular formula is C54H33N5. The SMILES string of the molecule is c1ccc(-c2nc(-c3ccccc3)nc(-c3ccc4c(c3)c3cc5c(-c6cccc7ccccc67)nc6ccccc6c5cc3n4-c3cccc4ccccc34)n2)cc1. The minimum atomic E-state index is 0.621. The van der Waals surface area contributed by atoms with E-state index in [4.69, 9.17) is 19.9 Å². The lowest BCUT2D eigenvalue weighted by atomic mass is 9.95. The predicted octanol–water partition coefficient (Wildman–Crippen LogP) is 13.6. The molecule has 0 saturated carbocycles. The summed E-state index contributed by atoms with van der Waals surface area (Å²) >= 11 is 0. The Kier molecular flexibility index (Phi) is 7.47. The maximum atomic E-state index is 5.42. The second-order valence-electron chi connectivity index (χ2n) is 15.0. The Morgan fingerprint density at radius 1 is 0.305 bits per heavy atom. The molecular weight excluding hydrogens is 719 g/mol. The first-order chi connectivity index (χ1) is 29.2. The number of fused-ring (bicyclic) bond motifs is 8. The molecule has 0 aliphatic rings. The highest BCUT2D eigenvalue weighted by atomic mass is 15.0. The summed E-state index contributed by atoms with van der Waals surface area (Å²) in [5.74, 6) is 1.89. The van der Waals surface area contributed by atoms with Crippen molar-refractivity contribution in [2.45, 2.75) is 0 Å². The molecule has 0 atom stereocenters. The highest BCUT2D eigenvalue weighted by Crippen LogP contribution is 2.43. The van der Waals surface area contributed by atoms with Crippen LogP contribution in [0, 0.1) is 0 Å². The number of benzene rings is 9. The molecule has 12 rings (SSSR count). The predicted molar refractivity (Wildman–Crippen MR) is 244 cm³/mol. The quantitative estimate of drug-likeness (QED) is 0.164. The monoisotopic (exact) mass is 751 g/mol. The molecule has 3 aromatic heterocycles. The molecule has 0 aliphatic carbocycles. The average Bonchev–Trinajstić information content (AvgIpc) is 3.63. The van der Waals surface area contributed by atoms with Crippen molar-refractivity contribution in [1.82, 2.24) is 24.5 Å². The van der Waals surface area contributed by atoms with Crippen molar-refractivity contribution < 1.29 is 0 Å². The Morgan fingerprint density at radius 3 is 1.59 bits per heavy atom. The molecule has 0 radical (unpaired) electrons. The van der Waals surface area contributed by atoms with Crippen molar-refractivity contribution in [1.29, 1.82) is 0 Å². The van der Waals surface area contributed by atoms with Crippen LogP contribution in [-0.2, 0) is 0 Å². The van der Waals surface area contributed by atoms with Crippen LogP contribution in [0.3, 0.4) is 0 Å². The molecule has 5 heteroatoms. The van der Waals surface area contributed by atoms with Crippen LogP contribution >= 0.6 is 0 Å². The van der Waals surface area contributed by atoms with E-state index in [1.165, 1.54) is 21.5 Å². The van der Waals surface area contributed by atoms with Crippen LogP contribution in [0.1, 0.15) is 0 Å². The zero-order valence-corrected chi connectivity index (χ0v) is 31.8. The number of nitrogens with zero attached hydrogens (tertiary/aromatic N) is 5. The lowest BCUT2D eigenvalue weighted by Gasteiger charge is -2.14. The summed E-state index contributed by atoms with van der Waals surface area (Å²) in [5, 5.41) is 10.4. The molecule has 0 amide bonds. The van der Waals surface area contributed by atoms with Gasteiger partial charge in [0, 0.05) is 49.2 Å². The number of rotatable bonds is 5. The fraction of sp³-hybridized carbons (Fsp3) is 0. The van der Waals surface area contributed by atoms with Crippen LogP contribution in [0.2, 0.25) is 0 Å². The van der Waals surface area contributed by atoms with E-state index < -0.39 is 0 Å². The largest absolute Gasteiger partial charge is 0.309 e. The number of hydrogen-bond acceptors (Lipinski definition) is 4. The highest BCUT2D eigenvalue weighted by Gasteiger charge is 2.21. The van der Waals surface area contributed by atoms with Crippen molar-refractivity contribution in [2.24, 2.45) is 0 Å². The Balaban J connectivity index is 1.19. The fourth-order valence-corrected chi connectivity index (χ4v) is 8.84. The number of pyridine rings is 1. The van der Waals surface area contributed by atoms with E-state index in [0.717, 1.165) is 77.1 Å². The third-order valence-corrected chi connectivity index (χ3v) is 11.6. The standard InChI is InChI=1S/C54H33N5/c1-3-17-36(18-4-1)52-56-53(37-19-5-2-6-20-37)58-54(57-52)38-29-30-49-44(31-38)45-32-46-43(33-50(45)59(49)48-28-14-22-35-16-8-10-24-40(35)48)41-25-11-12-27-47(41)55-51(46)42-26-13-21-34-15-7-9-23-39(34)42/h1-33H. The van der Waals surface area contributed by atoms with Crippen molar-refractivity contribution in [3.8, 4) is 51.1 Å². The first-order valence-corrected chi connectivity index (χ1v) is 19.9. The van der Waals surface area contributed by atoms with Crippen LogP contribution in [0.25, 0.3) is 116 Å². The van der Waals surface area contributed by atoms with E-state index in [2.05, 4.69) is 144 Å². The Labute approximate surface area is 339 Å². The average molecular weight is 752 g/mol. The zero-order valence-electron chi connectivity index (χ0n) is 31.8. The van der Waals surface area contributed by atoms with E-state index >= 15 is 0 Å². The molecule has 0 saturated heterocycles. The summed E-state index contributed by atoms with van der Waals surface area (Å²) in [6, 6.07) is 70.5. The van der Waals surface area contributed by atoms with E-state index in [0.29, 0.717) is 17.5 Å². The highest BCUT2D eigenvalue weighted by molar-refractivity contribution is 6.22. The van der Waals surface area contributed by atoms with Gasteiger partial charge < -0.3 is 4.57 Å². The molecule has 0 bridgehead atoms. The van der Waals surface area contributed by atoms with Crippen molar-refractivity contribution in [2.75, 3.05) is 0 Å². The molecule has 0 unspecified atom stereocenters. The van der Waals surface area contributed by atoms with Gasteiger partial charge in [0.15, 0.2) is 17.5 Å². The topological polar surface area (TPSA) is 56.5 Å². The first kappa shape index (κ1) is 33.2. The van der Waals surface area contributed by atoms with E-state index in [9.17, 15) is 0 Å². The first-order valence-electron chi connectivity index (χ1n) is 19.9. The van der Waals surface area contributed by atoms with Crippen molar-refractivity contribution in [3.05, 3.63) is 200 Å². The van der Waals surface area contributed by atoms with Gasteiger partial charge in [-0.05, 0) is 64.0 Å². The smallest absolute Gasteiger partial charge is 0.164 e. The summed E-state index contributed by atoms with van der Waals surface area (Å²) in [7, 11) is 0. The second kappa shape index (κ2) is 13.3. The third kappa shape index (κ3) is 5.40. The van der Waals surface area contributed by atoms with Gasteiger partial charge in [0.2, 0.25) is 0 Å². The summed E-state index contributed by atoms with van der Waals surface area (Å²) in [6.45, 7) is 0. The third-order valence-electron chi connectivity index (χ3n) is 11.6. The lowest BCUT2D eigenvalue weighted by Crippen LogP contribution is -2.00. The van der Waals surface area contributed by atoms with Crippen LogP contribution in [0.5, 0.6) is 0 Å². The molecule has 274 valence electrons. The Bertz CT molecular complexity index is 3540. The second-order valence-corrected chi connectivity index (χ2v) is 15.0. The van der Waals surface area contributed by atoms with Gasteiger partial charge in [0.25, 0.3) is 0 Å². The van der Waals surface area contributed by atoms with Crippen LogP contribution < -0.4 is 0 Å². The normalized spacial score (nSPS) is 11.7. The number of hydrogen-bond donors (Lipinski definition) is 0. The maximum Gasteiger partial charge on any atom is 0.164 e. The van der Waals surface area contributed by atoms with E-state index in [1.807, 2.05) is 60.7 Å². The number of para-hydroxylation sites is 1. The molecule has 3 heterocycles. The van der Waals surface area contributed by atoms with Gasteiger partial charge in [-0.25, -0.2) is 19.9 Å². The summed E-state index contributed by atoms with van der Waals surface area (Å²) in [6.07, 6.45) is 0. The van der Waals surface area contributed by atoms with Crippen molar-refractivity contribution in [3.63, 3.8) is 0 Å². The molecule has 12 aromatic rings. The van der Waals surface area contributed by atoms with Gasteiger partial charge in [-0.2, -0.15) is 0 Å². The van der Waals surface area contributed by atoms with Gasteiger partial charge in [0.05, 0.1) is 27.9 Å². The Morgan fingerprint density at radius 2 is 0.864 bits per heavy atom. The van der Waals surface area contributed by atoms with Crippen LogP contribution in [0.4, 0.5) is 0 Å². The molecule has 0 fully saturated rings. The van der Waals surface area contributed by atoms with Gasteiger partial charge >= 0.3 is 0 Å².